The van der Waals surface area contributed by atoms with E-state index in [1.54, 1.807) is 7.11 Å². The number of morpholine rings is 1. The maximum absolute atomic E-state index is 12.9. The molecule has 148 valence electrons. The van der Waals surface area contributed by atoms with Gasteiger partial charge in [0.2, 0.25) is 5.91 Å². The van der Waals surface area contributed by atoms with Crippen LogP contribution in [0.15, 0.2) is 24.3 Å². The molecule has 1 heterocycles. The zero-order valence-corrected chi connectivity index (χ0v) is 16.1. The lowest BCUT2D eigenvalue weighted by molar-refractivity contribution is -0.165. The number of carbonyl (C=O) groups excluding carboxylic acids is 2. The van der Waals surface area contributed by atoms with Gasteiger partial charge in [0.15, 0.2) is 6.10 Å². The predicted octanol–water partition coefficient (Wildman–Crippen LogP) is 1.26. The monoisotopic (exact) mass is 376 g/mol. The summed E-state index contributed by atoms with van der Waals surface area (Å²) in [5.41, 5.74) is 0.420. The summed E-state index contributed by atoms with van der Waals surface area (Å²) in [5, 5.41) is 12.3. The molecule has 0 bridgehead atoms. The lowest BCUT2D eigenvalue weighted by Crippen LogP contribution is -2.55. The Bertz CT molecular complexity index is 684. The molecule has 27 heavy (non-hydrogen) atoms. The number of carbonyl (C=O) groups is 2. The highest BCUT2D eigenvalue weighted by Crippen LogP contribution is 2.40. The minimum atomic E-state index is -0.786. The second-order valence-electron chi connectivity index (χ2n) is 8.02. The minimum Gasteiger partial charge on any atom is -0.497 e. The Hall–Kier alpha value is -2.12. The van der Waals surface area contributed by atoms with E-state index >= 15 is 0 Å². The highest BCUT2D eigenvalue weighted by molar-refractivity contribution is 5.86. The molecular formula is C20H28N2O5. The van der Waals surface area contributed by atoms with Crippen molar-refractivity contribution >= 4 is 11.8 Å². The lowest BCUT2D eigenvalue weighted by atomic mass is 9.93. The third-order valence-electron chi connectivity index (χ3n) is 5.09. The molecule has 0 unspecified atom stereocenters. The van der Waals surface area contributed by atoms with Gasteiger partial charge in [0.05, 0.1) is 13.2 Å². The average molecular weight is 376 g/mol. The second kappa shape index (κ2) is 7.86. The van der Waals surface area contributed by atoms with Crippen LogP contribution in [0.4, 0.5) is 0 Å². The van der Waals surface area contributed by atoms with E-state index in [-0.39, 0.29) is 31.1 Å². The number of nitrogens with one attached hydrogen (secondary N) is 1. The van der Waals surface area contributed by atoms with Gasteiger partial charge >= 0.3 is 0 Å². The topological polar surface area (TPSA) is 88.1 Å². The zero-order valence-electron chi connectivity index (χ0n) is 16.1. The van der Waals surface area contributed by atoms with Crippen LogP contribution >= 0.6 is 0 Å². The van der Waals surface area contributed by atoms with Gasteiger partial charge in [-0.05, 0) is 30.5 Å². The van der Waals surface area contributed by atoms with Gasteiger partial charge in [0.1, 0.15) is 12.4 Å². The van der Waals surface area contributed by atoms with Crippen LogP contribution in [-0.2, 0) is 14.3 Å². The van der Waals surface area contributed by atoms with E-state index in [1.165, 1.54) is 0 Å². The average Bonchev–Trinajstić information content (AvgIpc) is 3.51. The summed E-state index contributed by atoms with van der Waals surface area (Å²) in [5.74, 6) is 0.360. The quantitative estimate of drug-likeness (QED) is 0.748. The smallest absolute Gasteiger partial charge is 0.251 e. The third-order valence-corrected chi connectivity index (χ3v) is 5.09. The highest BCUT2D eigenvalue weighted by atomic mass is 16.5. The fourth-order valence-electron chi connectivity index (χ4n) is 3.25. The molecule has 7 nitrogen and oxygen atoms in total. The van der Waals surface area contributed by atoms with Crippen molar-refractivity contribution in [3.05, 3.63) is 29.8 Å². The van der Waals surface area contributed by atoms with Gasteiger partial charge in [0.25, 0.3) is 5.91 Å². The van der Waals surface area contributed by atoms with Gasteiger partial charge in [-0.3, -0.25) is 9.59 Å². The summed E-state index contributed by atoms with van der Waals surface area (Å²) in [6.07, 6.45) is 1.11. The first-order valence-corrected chi connectivity index (χ1v) is 9.31. The molecule has 2 fully saturated rings. The zero-order chi connectivity index (χ0) is 19.6. The fraction of sp³-hybridized carbons (Fsp3) is 0.600. The lowest BCUT2D eigenvalue weighted by Gasteiger charge is -2.41. The Morgan fingerprint density at radius 3 is 2.56 bits per heavy atom. The number of hydrogen-bond acceptors (Lipinski definition) is 5. The van der Waals surface area contributed by atoms with Gasteiger partial charge < -0.3 is 24.8 Å². The number of hydrogen-bond donors (Lipinski definition) is 2. The standard InChI is InChI=1S/C20H28N2O5/c1-20(2,12-23)11-21-19(25)18-17(13-4-8-15(26-3)9-5-13)22(14-6-7-14)16(24)10-27-18/h4-5,8-9,14,17-18,23H,6-7,10-12H2,1-3H3,(H,21,25)/t17-,18+/m1/s1. The van der Waals surface area contributed by atoms with E-state index in [1.807, 2.05) is 43.0 Å². The number of ether oxygens (including phenoxy) is 2. The number of rotatable bonds is 7. The van der Waals surface area contributed by atoms with Crippen LogP contribution < -0.4 is 10.1 Å². The maximum atomic E-state index is 12.9. The number of aliphatic hydroxyl groups is 1. The van der Waals surface area contributed by atoms with Gasteiger partial charge in [-0.15, -0.1) is 0 Å². The first-order valence-electron chi connectivity index (χ1n) is 9.31. The summed E-state index contributed by atoms with van der Waals surface area (Å²) in [4.78, 5) is 27.2. The molecule has 1 aliphatic heterocycles. The maximum Gasteiger partial charge on any atom is 0.251 e. The van der Waals surface area contributed by atoms with E-state index < -0.39 is 17.6 Å². The molecule has 7 heteroatoms. The van der Waals surface area contributed by atoms with Crippen LogP contribution in [-0.4, -0.2) is 60.8 Å². The SMILES string of the molecule is COc1ccc([C@@H]2[C@@H](C(=O)NCC(C)(C)CO)OCC(=O)N2C2CC2)cc1. The van der Waals surface area contributed by atoms with Gasteiger partial charge in [-0.2, -0.15) is 0 Å². The molecule has 2 amide bonds. The van der Waals surface area contributed by atoms with E-state index in [9.17, 15) is 14.7 Å². The molecular weight excluding hydrogens is 348 g/mol. The Morgan fingerprint density at radius 2 is 2.00 bits per heavy atom. The summed E-state index contributed by atoms with van der Waals surface area (Å²) >= 11 is 0. The normalized spacial score (nSPS) is 23.3. The van der Waals surface area contributed by atoms with Crippen molar-refractivity contribution in [1.29, 1.82) is 0 Å². The minimum absolute atomic E-state index is 0.0343. The molecule has 1 saturated carbocycles. The summed E-state index contributed by atoms with van der Waals surface area (Å²) in [6.45, 7) is 3.94. The van der Waals surface area contributed by atoms with Crippen LogP contribution in [0.1, 0.15) is 38.3 Å². The van der Waals surface area contributed by atoms with Gasteiger partial charge in [-0.1, -0.05) is 26.0 Å². The number of methoxy groups -OCH3 is 1. The molecule has 2 N–H and O–H groups in total. The molecule has 1 saturated heterocycles. The Morgan fingerprint density at radius 1 is 1.33 bits per heavy atom. The first kappa shape index (κ1) is 19.6. The molecule has 2 atom stereocenters. The van der Waals surface area contributed by atoms with Gasteiger partial charge in [0, 0.05) is 24.6 Å². The van der Waals surface area contributed by atoms with E-state index in [4.69, 9.17) is 9.47 Å². The highest BCUT2D eigenvalue weighted by Gasteiger charge is 2.47. The molecule has 1 aromatic rings. The molecule has 1 aromatic carbocycles. The first-order chi connectivity index (χ1) is 12.9. The Labute approximate surface area is 159 Å². The third kappa shape index (κ3) is 4.42. The van der Waals surface area contributed by atoms with Crippen molar-refractivity contribution < 1.29 is 24.2 Å². The second-order valence-corrected chi connectivity index (χ2v) is 8.02. The molecule has 0 radical (unpaired) electrons. The van der Waals surface area contributed by atoms with Crippen LogP contribution in [0.2, 0.25) is 0 Å². The van der Waals surface area contributed by atoms with Crippen LogP contribution in [0, 0.1) is 5.41 Å². The summed E-state index contributed by atoms with van der Waals surface area (Å²) in [7, 11) is 1.60. The van der Waals surface area contributed by atoms with Crippen molar-refractivity contribution in [3.63, 3.8) is 0 Å². The number of aliphatic hydroxyl groups excluding tert-OH is 1. The number of nitrogens with zero attached hydrogens (tertiary/aromatic N) is 1. The fourth-order valence-corrected chi connectivity index (χ4v) is 3.25. The molecule has 0 aromatic heterocycles. The molecule has 3 rings (SSSR count). The molecule has 1 aliphatic carbocycles. The van der Waals surface area contributed by atoms with E-state index in [0.29, 0.717) is 12.3 Å². The van der Waals surface area contributed by atoms with Crippen molar-refractivity contribution in [1.82, 2.24) is 10.2 Å². The van der Waals surface area contributed by atoms with E-state index in [2.05, 4.69) is 5.32 Å². The summed E-state index contributed by atoms with van der Waals surface area (Å²) < 4.78 is 10.9. The van der Waals surface area contributed by atoms with Crippen molar-refractivity contribution in [2.24, 2.45) is 5.41 Å². The van der Waals surface area contributed by atoms with Crippen LogP contribution in [0.3, 0.4) is 0 Å². The van der Waals surface area contributed by atoms with Crippen molar-refractivity contribution in [2.45, 2.75) is 44.9 Å². The van der Waals surface area contributed by atoms with Gasteiger partial charge in [-0.25, -0.2) is 0 Å². The molecule has 2 aliphatic rings. The Kier molecular flexibility index (Phi) is 5.72. The number of amides is 2. The van der Waals surface area contributed by atoms with Crippen LogP contribution in [0.5, 0.6) is 5.75 Å². The largest absolute Gasteiger partial charge is 0.497 e. The predicted molar refractivity (Wildman–Crippen MR) is 99.2 cm³/mol. The Balaban J connectivity index is 1.85. The van der Waals surface area contributed by atoms with E-state index in [0.717, 1.165) is 18.4 Å². The number of benzene rings is 1. The van der Waals surface area contributed by atoms with Crippen molar-refractivity contribution in [3.8, 4) is 5.75 Å². The molecule has 0 spiro atoms. The summed E-state index contributed by atoms with van der Waals surface area (Å²) in [6, 6.07) is 7.09. The van der Waals surface area contributed by atoms with Crippen molar-refractivity contribution in [2.75, 3.05) is 26.9 Å². The van der Waals surface area contributed by atoms with Crippen LogP contribution in [0.25, 0.3) is 0 Å².